The molecule has 7 nitrogen and oxygen atoms in total. The summed E-state index contributed by atoms with van der Waals surface area (Å²) in [7, 11) is 2.86. The standard InChI is InChI=1S/C32H26ClNO6/c1-38-26-18-25(33)27(39-2)17-24(26)30(35)28-29(34(32(37)31(28)36)22-13-7-4-8-14-22)21-12-9-15-23(16-21)40-19-20-10-5-3-6-11-20/h3-18,29,35H,19H2,1-2H3/b30-28+. The maximum absolute atomic E-state index is 13.6. The van der Waals surface area contributed by atoms with Crippen molar-refractivity contribution in [2.45, 2.75) is 12.6 Å². The highest BCUT2D eigenvalue weighted by molar-refractivity contribution is 6.51. The molecular formula is C32H26ClNO6. The molecular weight excluding hydrogens is 530 g/mol. The van der Waals surface area contributed by atoms with Gasteiger partial charge in [0.15, 0.2) is 0 Å². The fourth-order valence-electron chi connectivity index (χ4n) is 4.71. The van der Waals surface area contributed by atoms with Crippen LogP contribution in [0.15, 0.2) is 103 Å². The van der Waals surface area contributed by atoms with Crippen LogP contribution in [0.1, 0.15) is 22.7 Å². The third-order valence-electron chi connectivity index (χ3n) is 6.63. The largest absolute Gasteiger partial charge is 0.507 e. The summed E-state index contributed by atoms with van der Waals surface area (Å²) in [5.74, 6) is -0.983. The highest BCUT2D eigenvalue weighted by Gasteiger charge is 2.47. The van der Waals surface area contributed by atoms with Crippen molar-refractivity contribution in [1.82, 2.24) is 0 Å². The lowest BCUT2D eigenvalue weighted by atomic mass is 9.94. The molecule has 1 N–H and O–H groups in total. The van der Waals surface area contributed by atoms with E-state index in [4.69, 9.17) is 25.8 Å². The van der Waals surface area contributed by atoms with Gasteiger partial charge in [-0.3, -0.25) is 14.5 Å². The molecule has 1 unspecified atom stereocenters. The number of benzene rings is 4. The predicted octanol–water partition coefficient (Wildman–Crippen LogP) is 6.56. The molecule has 40 heavy (non-hydrogen) atoms. The van der Waals surface area contributed by atoms with E-state index in [0.29, 0.717) is 23.6 Å². The second-order valence-corrected chi connectivity index (χ2v) is 9.45. The predicted molar refractivity (Wildman–Crippen MR) is 153 cm³/mol. The Morgan fingerprint density at radius 2 is 1.52 bits per heavy atom. The third kappa shape index (κ3) is 5.11. The lowest BCUT2D eigenvalue weighted by Gasteiger charge is -2.26. The van der Waals surface area contributed by atoms with Crippen LogP contribution in [0.25, 0.3) is 5.76 Å². The van der Waals surface area contributed by atoms with Gasteiger partial charge in [-0.1, -0.05) is 72.3 Å². The average molecular weight is 556 g/mol. The number of anilines is 1. The van der Waals surface area contributed by atoms with E-state index in [-0.39, 0.29) is 27.7 Å². The zero-order chi connectivity index (χ0) is 28.2. The van der Waals surface area contributed by atoms with Gasteiger partial charge in [0, 0.05) is 11.8 Å². The number of amides is 1. The Hall–Kier alpha value is -4.75. The molecule has 202 valence electrons. The van der Waals surface area contributed by atoms with Crippen LogP contribution in [-0.4, -0.2) is 31.0 Å². The molecule has 4 aromatic carbocycles. The van der Waals surface area contributed by atoms with E-state index in [9.17, 15) is 14.7 Å². The maximum Gasteiger partial charge on any atom is 0.300 e. The van der Waals surface area contributed by atoms with E-state index in [0.717, 1.165) is 5.56 Å². The first-order valence-corrected chi connectivity index (χ1v) is 12.9. The molecule has 0 saturated carbocycles. The number of nitrogens with zero attached hydrogens (tertiary/aromatic N) is 1. The fraction of sp³-hybridized carbons (Fsp3) is 0.125. The summed E-state index contributed by atoms with van der Waals surface area (Å²) in [6.07, 6.45) is 0. The van der Waals surface area contributed by atoms with E-state index >= 15 is 0 Å². The van der Waals surface area contributed by atoms with Gasteiger partial charge in [0.25, 0.3) is 11.7 Å². The van der Waals surface area contributed by atoms with Crippen LogP contribution < -0.4 is 19.1 Å². The van der Waals surface area contributed by atoms with Crippen LogP contribution in [0.4, 0.5) is 5.69 Å². The molecule has 1 fully saturated rings. The van der Waals surface area contributed by atoms with Crippen molar-refractivity contribution in [1.29, 1.82) is 0 Å². The SMILES string of the molecule is COc1cc(/C(O)=C2\C(=O)C(=O)N(c3ccccc3)C2c2cccc(OCc3ccccc3)c2)c(OC)cc1Cl. The summed E-state index contributed by atoms with van der Waals surface area (Å²) < 4.78 is 16.8. The van der Waals surface area contributed by atoms with Gasteiger partial charge in [0.2, 0.25) is 0 Å². The number of Topliss-reactive ketones (excluding diaryl/α,β-unsaturated/α-hetero) is 1. The van der Waals surface area contributed by atoms with Gasteiger partial charge >= 0.3 is 0 Å². The lowest BCUT2D eigenvalue weighted by molar-refractivity contribution is -0.132. The van der Waals surface area contributed by atoms with Gasteiger partial charge in [0.05, 0.1) is 36.4 Å². The van der Waals surface area contributed by atoms with E-state index in [1.54, 1.807) is 48.5 Å². The smallest absolute Gasteiger partial charge is 0.300 e. The molecule has 4 aromatic rings. The zero-order valence-electron chi connectivity index (χ0n) is 21.8. The van der Waals surface area contributed by atoms with Gasteiger partial charge in [-0.05, 0) is 41.5 Å². The van der Waals surface area contributed by atoms with E-state index in [1.807, 2.05) is 36.4 Å². The number of methoxy groups -OCH3 is 2. The van der Waals surface area contributed by atoms with E-state index < -0.39 is 23.5 Å². The number of carbonyl (C=O) groups excluding carboxylic acids is 2. The second kappa shape index (κ2) is 11.6. The molecule has 0 spiro atoms. The minimum absolute atomic E-state index is 0.100. The van der Waals surface area contributed by atoms with Crippen molar-refractivity contribution in [3.8, 4) is 17.2 Å². The number of hydrogen-bond acceptors (Lipinski definition) is 6. The monoisotopic (exact) mass is 555 g/mol. The number of carbonyl (C=O) groups is 2. The van der Waals surface area contributed by atoms with Crippen molar-refractivity contribution < 1.29 is 28.9 Å². The van der Waals surface area contributed by atoms with Crippen LogP contribution in [-0.2, 0) is 16.2 Å². The summed E-state index contributed by atoms with van der Waals surface area (Å²) in [6, 6.07) is 27.7. The van der Waals surface area contributed by atoms with Crippen molar-refractivity contribution >= 4 is 34.7 Å². The number of hydrogen-bond donors (Lipinski definition) is 1. The fourth-order valence-corrected chi connectivity index (χ4v) is 4.94. The Labute approximate surface area is 236 Å². The van der Waals surface area contributed by atoms with Crippen molar-refractivity contribution in [2.75, 3.05) is 19.1 Å². The van der Waals surface area contributed by atoms with Crippen molar-refractivity contribution in [3.63, 3.8) is 0 Å². The van der Waals surface area contributed by atoms with Crippen molar-refractivity contribution in [2.24, 2.45) is 0 Å². The number of aliphatic hydroxyl groups excluding tert-OH is 1. The van der Waals surface area contributed by atoms with Crippen LogP contribution >= 0.6 is 11.6 Å². The van der Waals surface area contributed by atoms with Crippen LogP contribution in [0.3, 0.4) is 0 Å². The quantitative estimate of drug-likeness (QED) is 0.150. The first-order chi connectivity index (χ1) is 19.4. The lowest BCUT2D eigenvalue weighted by Crippen LogP contribution is -2.29. The molecule has 0 aliphatic carbocycles. The molecule has 0 aromatic heterocycles. The molecule has 8 heteroatoms. The summed E-state index contributed by atoms with van der Waals surface area (Å²) in [5.41, 5.74) is 2.14. The van der Waals surface area contributed by atoms with Crippen LogP contribution in [0, 0.1) is 0 Å². The van der Waals surface area contributed by atoms with Gasteiger partial charge in [-0.15, -0.1) is 0 Å². The number of rotatable bonds is 8. The van der Waals surface area contributed by atoms with Gasteiger partial charge in [-0.25, -0.2) is 0 Å². The number of ether oxygens (including phenoxy) is 3. The third-order valence-corrected chi connectivity index (χ3v) is 6.93. The summed E-state index contributed by atoms with van der Waals surface area (Å²) >= 11 is 6.27. The Morgan fingerprint density at radius 3 is 2.20 bits per heavy atom. The topological polar surface area (TPSA) is 85.3 Å². The molecule has 1 saturated heterocycles. The molecule has 1 heterocycles. The maximum atomic E-state index is 13.6. The molecule has 1 aliphatic rings. The normalized spacial score (nSPS) is 16.2. The van der Waals surface area contributed by atoms with Gasteiger partial charge in [-0.2, -0.15) is 0 Å². The van der Waals surface area contributed by atoms with Gasteiger partial charge in [0.1, 0.15) is 29.6 Å². The number of ketones is 1. The zero-order valence-corrected chi connectivity index (χ0v) is 22.6. The van der Waals surface area contributed by atoms with Gasteiger partial charge < -0.3 is 19.3 Å². The van der Waals surface area contributed by atoms with Crippen LogP contribution in [0.5, 0.6) is 17.2 Å². The number of aliphatic hydroxyl groups is 1. The van der Waals surface area contributed by atoms with E-state index in [1.165, 1.54) is 31.3 Å². The molecule has 0 radical (unpaired) electrons. The highest BCUT2D eigenvalue weighted by atomic mass is 35.5. The molecule has 0 bridgehead atoms. The Kier molecular flexibility index (Phi) is 7.75. The molecule has 5 rings (SSSR count). The molecule has 1 amide bonds. The average Bonchev–Trinajstić information content (AvgIpc) is 3.26. The number of halogens is 1. The summed E-state index contributed by atoms with van der Waals surface area (Å²) in [6.45, 7) is 0.338. The first kappa shape index (κ1) is 26.8. The Morgan fingerprint density at radius 1 is 0.850 bits per heavy atom. The Balaban J connectivity index is 1.66. The number of para-hydroxylation sites is 1. The first-order valence-electron chi connectivity index (χ1n) is 12.5. The molecule has 1 atom stereocenters. The van der Waals surface area contributed by atoms with E-state index in [2.05, 4.69) is 0 Å². The highest BCUT2D eigenvalue weighted by Crippen LogP contribution is 2.45. The second-order valence-electron chi connectivity index (χ2n) is 9.04. The van der Waals surface area contributed by atoms with Crippen molar-refractivity contribution in [3.05, 3.63) is 124 Å². The minimum Gasteiger partial charge on any atom is -0.507 e. The van der Waals surface area contributed by atoms with Crippen LogP contribution in [0.2, 0.25) is 5.02 Å². The summed E-state index contributed by atoms with van der Waals surface area (Å²) in [4.78, 5) is 28.4. The minimum atomic E-state index is -0.950. The Bertz CT molecular complexity index is 1590. The molecule has 1 aliphatic heterocycles. The summed E-state index contributed by atoms with van der Waals surface area (Å²) in [5, 5.41) is 11.9.